The summed E-state index contributed by atoms with van der Waals surface area (Å²) in [5, 5.41) is 1.72. The summed E-state index contributed by atoms with van der Waals surface area (Å²) in [6.45, 7) is 2.27. The molecule has 0 unspecified atom stereocenters. The van der Waals surface area contributed by atoms with E-state index in [1.807, 2.05) is 12.1 Å². The number of fused-ring (bicyclic) bond motifs is 1. The molecule has 170 valence electrons. The predicted octanol–water partition coefficient (Wildman–Crippen LogP) is 9.15. The zero-order valence-electron chi connectivity index (χ0n) is 19.4. The number of halogens is 2. The largest absolute Gasteiger partial charge is 0.207 e. The van der Waals surface area contributed by atoms with Crippen LogP contribution < -0.4 is 0 Å². The molecule has 0 atom stereocenters. The number of rotatable bonds is 9. The van der Waals surface area contributed by atoms with Gasteiger partial charge in [-0.25, -0.2) is 8.78 Å². The smallest absolute Gasteiger partial charge is 0.134 e. The quantitative estimate of drug-likeness (QED) is 0.294. The Hall–Kier alpha value is -2.22. The molecule has 0 nitrogen and oxygen atoms in total. The van der Waals surface area contributed by atoms with Crippen molar-refractivity contribution in [3.05, 3.63) is 82.9 Å². The lowest BCUT2D eigenvalue weighted by molar-refractivity contribution is 0.302. The summed E-state index contributed by atoms with van der Waals surface area (Å²) >= 11 is 0. The highest BCUT2D eigenvalue weighted by molar-refractivity contribution is 5.84. The van der Waals surface area contributed by atoms with Crippen molar-refractivity contribution >= 4 is 10.8 Å². The van der Waals surface area contributed by atoms with E-state index in [1.165, 1.54) is 75.5 Å². The van der Waals surface area contributed by atoms with Crippen LogP contribution in [0.2, 0.25) is 0 Å². The van der Waals surface area contributed by atoms with Crippen LogP contribution in [0.25, 0.3) is 10.8 Å². The SMILES string of the molecule is CCCCCCC1CCC(c2ccc3c(F)c(CCc4ccc(F)cc4)ccc3c2)CC1. The molecule has 0 amide bonds. The van der Waals surface area contributed by atoms with Gasteiger partial charge >= 0.3 is 0 Å². The van der Waals surface area contributed by atoms with Crippen molar-refractivity contribution < 1.29 is 8.78 Å². The van der Waals surface area contributed by atoms with Crippen molar-refractivity contribution in [1.82, 2.24) is 0 Å². The first-order chi connectivity index (χ1) is 15.6. The lowest BCUT2D eigenvalue weighted by Gasteiger charge is -2.29. The van der Waals surface area contributed by atoms with Crippen LogP contribution in [0.4, 0.5) is 8.78 Å². The molecule has 0 saturated heterocycles. The summed E-state index contributed by atoms with van der Waals surface area (Å²) in [6, 6.07) is 16.8. The highest BCUT2D eigenvalue weighted by Gasteiger charge is 2.22. The maximum atomic E-state index is 15.2. The Kier molecular flexibility index (Phi) is 7.95. The molecular weight excluding hydrogens is 398 g/mol. The Morgan fingerprint density at radius 1 is 0.781 bits per heavy atom. The van der Waals surface area contributed by atoms with E-state index in [9.17, 15) is 4.39 Å². The van der Waals surface area contributed by atoms with Gasteiger partial charge in [0.25, 0.3) is 0 Å². The fourth-order valence-electron chi connectivity index (χ4n) is 5.38. The fourth-order valence-corrected chi connectivity index (χ4v) is 5.38. The second-order valence-electron chi connectivity index (χ2n) is 9.71. The first kappa shape index (κ1) is 23.0. The molecular formula is C30H36F2. The molecule has 32 heavy (non-hydrogen) atoms. The third kappa shape index (κ3) is 5.77. The van der Waals surface area contributed by atoms with Crippen LogP contribution in [-0.2, 0) is 12.8 Å². The minimum absolute atomic E-state index is 0.105. The van der Waals surface area contributed by atoms with Gasteiger partial charge in [0, 0.05) is 5.39 Å². The molecule has 0 N–H and O–H groups in total. The first-order valence-corrected chi connectivity index (χ1v) is 12.6. The summed E-state index contributed by atoms with van der Waals surface area (Å²) in [5.74, 6) is 1.19. The van der Waals surface area contributed by atoms with Gasteiger partial charge in [0.2, 0.25) is 0 Å². The molecule has 3 aromatic carbocycles. The molecule has 0 heterocycles. The molecule has 4 rings (SSSR count). The third-order valence-corrected chi connectivity index (χ3v) is 7.44. The predicted molar refractivity (Wildman–Crippen MR) is 131 cm³/mol. The molecule has 0 bridgehead atoms. The van der Waals surface area contributed by atoms with E-state index in [4.69, 9.17) is 0 Å². The number of benzene rings is 3. The highest BCUT2D eigenvalue weighted by atomic mass is 19.1. The van der Waals surface area contributed by atoms with E-state index in [0.29, 0.717) is 18.8 Å². The molecule has 1 fully saturated rings. The molecule has 1 aliphatic carbocycles. The molecule has 1 aliphatic rings. The van der Waals surface area contributed by atoms with Gasteiger partial charge in [-0.3, -0.25) is 0 Å². The molecule has 2 heteroatoms. The van der Waals surface area contributed by atoms with E-state index in [-0.39, 0.29) is 11.6 Å². The first-order valence-electron chi connectivity index (χ1n) is 12.6. The van der Waals surface area contributed by atoms with Crippen LogP contribution in [0.15, 0.2) is 54.6 Å². The summed E-state index contributed by atoms with van der Waals surface area (Å²) in [6.07, 6.45) is 13.4. The van der Waals surface area contributed by atoms with Crippen LogP contribution >= 0.6 is 0 Å². The highest BCUT2D eigenvalue weighted by Crippen LogP contribution is 2.39. The van der Waals surface area contributed by atoms with E-state index >= 15 is 4.39 Å². The van der Waals surface area contributed by atoms with E-state index in [2.05, 4.69) is 25.1 Å². The van der Waals surface area contributed by atoms with Crippen molar-refractivity contribution in [2.24, 2.45) is 5.92 Å². The van der Waals surface area contributed by atoms with Crippen LogP contribution in [0.3, 0.4) is 0 Å². The summed E-state index contributed by atoms with van der Waals surface area (Å²) in [4.78, 5) is 0. The summed E-state index contributed by atoms with van der Waals surface area (Å²) < 4.78 is 28.3. The van der Waals surface area contributed by atoms with Crippen molar-refractivity contribution in [1.29, 1.82) is 0 Å². The van der Waals surface area contributed by atoms with Gasteiger partial charge in [0.05, 0.1) is 0 Å². The van der Waals surface area contributed by atoms with Crippen molar-refractivity contribution in [2.75, 3.05) is 0 Å². The Morgan fingerprint density at radius 3 is 2.31 bits per heavy atom. The van der Waals surface area contributed by atoms with Gasteiger partial charge in [-0.15, -0.1) is 0 Å². The second kappa shape index (κ2) is 11.1. The monoisotopic (exact) mass is 434 g/mol. The van der Waals surface area contributed by atoms with Crippen molar-refractivity contribution in [3.8, 4) is 0 Å². The van der Waals surface area contributed by atoms with Gasteiger partial charge in [-0.05, 0) is 84.6 Å². The Bertz CT molecular complexity index is 997. The van der Waals surface area contributed by atoms with E-state index in [1.54, 1.807) is 12.1 Å². The molecule has 1 saturated carbocycles. The third-order valence-electron chi connectivity index (χ3n) is 7.44. The zero-order valence-corrected chi connectivity index (χ0v) is 19.4. The number of hydrogen-bond donors (Lipinski definition) is 0. The standard InChI is InChI=1S/C30H36F2/c1-2-3-4-5-6-22-7-12-24(13-8-22)26-17-20-29-27(21-26)16-15-25(30(29)32)14-9-23-10-18-28(31)19-11-23/h10-11,15-22,24H,2-9,12-14H2,1H3. The second-order valence-corrected chi connectivity index (χ2v) is 9.71. The normalized spacial score (nSPS) is 18.8. The van der Waals surface area contributed by atoms with Gasteiger partial charge in [0.1, 0.15) is 11.6 Å². The average Bonchev–Trinajstić information content (AvgIpc) is 2.83. The summed E-state index contributed by atoms with van der Waals surface area (Å²) in [7, 11) is 0. The maximum absolute atomic E-state index is 15.2. The average molecular weight is 435 g/mol. The van der Waals surface area contributed by atoms with Crippen LogP contribution in [0.1, 0.15) is 87.3 Å². The molecule has 0 aliphatic heterocycles. The van der Waals surface area contributed by atoms with Gasteiger partial charge in [-0.2, -0.15) is 0 Å². The molecule has 0 aromatic heterocycles. The Morgan fingerprint density at radius 2 is 1.56 bits per heavy atom. The Balaban J connectivity index is 1.37. The van der Waals surface area contributed by atoms with Crippen LogP contribution in [0, 0.1) is 17.6 Å². The molecule has 0 radical (unpaired) electrons. The maximum Gasteiger partial charge on any atom is 0.134 e. The lowest BCUT2D eigenvalue weighted by Crippen LogP contribution is -2.13. The Labute approximate surface area is 192 Å². The number of aryl methyl sites for hydroxylation is 2. The van der Waals surface area contributed by atoms with Gasteiger partial charge < -0.3 is 0 Å². The molecule has 0 spiro atoms. The number of hydrogen-bond acceptors (Lipinski definition) is 0. The van der Waals surface area contributed by atoms with Gasteiger partial charge in [0.15, 0.2) is 0 Å². The minimum Gasteiger partial charge on any atom is -0.207 e. The van der Waals surface area contributed by atoms with Crippen LogP contribution in [-0.4, -0.2) is 0 Å². The minimum atomic E-state index is -0.234. The van der Waals surface area contributed by atoms with Crippen LogP contribution in [0.5, 0.6) is 0 Å². The van der Waals surface area contributed by atoms with E-state index < -0.39 is 0 Å². The summed E-state index contributed by atoms with van der Waals surface area (Å²) in [5.41, 5.74) is 3.14. The number of unbranched alkanes of at least 4 members (excludes halogenated alkanes) is 3. The van der Waals surface area contributed by atoms with E-state index in [0.717, 1.165) is 27.8 Å². The fraction of sp³-hybridized carbons (Fsp3) is 0.467. The molecule has 3 aromatic rings. The van der Waals surface area contributed by atoms with Crippen molar-refractivity contribution in [2.45, 2.75) is 83.5 Å². The van der Waals surface area contributed by atoms with Gasteiger partial charge in [-0.1, -0.05) is 81.5 Å². The van der Waals surface area contributed by atoms with Crippen molar-refractivity contribution in [3.63, 3.8) is 0 Å². The lowest BCUT2D eigenvalue weighted by atomic mass is 9.76. The topological polar surface area (TPSA) is 0 Å². The zero-order chi connectivity index (χ0) is 22.3.